The molecular formula is C13H18O2. The first-order chi connectivity index (χ1) is 7.22. The molecule has 4 rings (SSSR count). The molecule has 0 aromatic heterocycles. The minimum atomic E-state index is -0.0599. The Bertz CT molecular complexity index is 270. The molecule has 2 heteroatoms. The van der Waals surface area contributed by atoms with Gasteiger partial charge < -0.3 is 4.79 Å². The Morgan fingerprint density at radius 2 is 1.53 bits per heavy atom. The minimum Gasteiger partial charge on any atom is -0.303 e. The van der Waals surface area contributed by atoms with E-state index in [1.165, 1.54) is 19.3 Å². The molecule has 4 bridgehead atoms. The second-order valence-corrected chi connectivity index (χ2v) is 5.99. The van der Waals surface area contributed by atoms with Crippen LogP contribution in [-0.2, 0) is 9.59 Å². The standard InChI is InChI=1S/C13H18O2/c14-2-1-12(15)13-6-9-3-10(7-13)5-11(4-9)8-13/h2,9-11H,1,3-8H2. The van der Waals surface area contributed by atoms with Crippen LogP contribution in [0.4, 0.5) is 0 Å². The van der Waals surface area contributed by atoms with Crippen molar-refractivity contribution in [1.82, 2.24) is 0 Å². The van der Waals surface area contributed by atoms with Crippen LogP contribution in [0.5, 0.6) is 0 Å². The van der Waals surface area contributed by atoms with E-state index in [2.05, 4.69) is 0 Å². The fraction of sp³-hybridized carbons (Fsp3) is 0.846. The fourth-order valence-electron chi connectivity index (χ4n) is 4.74. The maximum atomic E-state index is 12.1. The lowest BCUT2D eigenvalue weighted by molar-refractivity contribution is -0.144. The first-order valence-electron chi connectivity index (χ1n) is 6.19. The van der Waals surface area contributed by atoms with E-state index in [-0.39, 0.29) is 17.6 Å². The summed E-state index contributed by atoms with van der Waals surface area (Å²) in [7, 11) is 0. The van der Waals surface area contributed by atoms with E-state index in [1.807, 2.05) is 0 Å². The average Bonchev–Trinajstić information content (AvgIpc) is 2.15. The van der Waals surface area contributed by atoms with Crippen molar-refractivity contribution in [3.05, 3.63) is 0 Å². The first kappa shape index (κ1) is 9.56. The third-order valence-electron chi connectivity index (χ3n) is 4.90. The Morgan fingerprint density at radius 1 is 1.07 bits per heavy atom. The van der Waals surface area contributed by atoms with Gasteiger partial charge in [-0.2, -0.15) is 0 Å². The maximum absolute atomic E-state index is 12.1. The monoisotopic (exact) mass is 206 g/mol. The van der Waals surface area contributed by atoms with Crippen molar-refractivity contribution < 1.29 is 9.59 Å². The minimum absolute atomic E-state index is 0.0599. The van der Waals surface area contributed by atoms with Crippen LogP contribution >= 0.6 is 0 Å². The molecule has 0 radical (unpaired) electrons. The van der Waals surface area contributed by atoms with Gasteiger partial charge in [0.25, 0.3) is 0 Å². The predicted molar refractivity (Wildman–Crippen MR) is 56.3 cm³/mol. The quantitative estimate of drug-likeness (QED) is 0.524. The second kappa shape index (κ2) is 3.16. The van der Waals surface area contributed by atoms with Gasteiger partial charge in [0.15, 0.2) is 0 Å². The second-order valence-electron chi connectivity index (χ2n) is 5.99. The number of carbonyl (C=O) groups is 2. The molecule has 4 fully saturated rings. The van der Waals surface area contributed by atoms with Crippen LogP contribution in [0.2, 0.25) is 0 Å². The van der Waals surface area contributed by atoms with Crippen molar-refractivity contribution in [2.45, 2.75) is 44.9 Å². The van der Waals surface area contributed by atoms with Gasteiger partial charge in [0.1, 0.15) is 12.1 Å². The van der Waals surface area contributed by atoms with Crippen LogP contribution in [0.25, 0.3) is 0 Å². The van der Waals surface area contributed by atoms with Gasteiger partial charge in [-0.25, -0.2) is 0 Å². The van der Waals surface area contributed by atoms with Gasteiger partial charge in [-0.1, -0.05) is 0 Å². The van der Waals surface area contributed by atoms with Gasteiger partial charge in [0.05, 0.1) is 6.42 Å². The van der Waals surface area contributed by atoms with Crippen molar-refractivity contribution >= 4 is 12.1 Å². The Kier molecular flexibility index (Phi) is 2.02. The highest BCUT2D eigenvalue weighted by molar-refractivity contribution is 5.94. The molecule has 0 saturated heterocycles. The van der Waals surface area contributed by atoms with Gasteiger partial charge in [0, 0.05) is 5.41 Å². The van der Waals surface area contributed by atoms with Crippen LogP contribution in [0, 0.1) is 23.2 Å². The van der Waals surface area contributed by atoms with Crippen molar-refractivity contribution in [3.63, 3.8) is 0 Å². The normalized spacial score (nSPS) is 46.8. The third-order valence-corrected chi connectivity index (χ3v) is 4.90. The predicted octanol–water partition coefficient (Wildman–Crippen LogP) is 2.36. The van der Waals surface area contributed by atoms with E-state index in [0.717, 1.165) is 43.3 Å². The van der Waals surface area contributed by atoms with Crippen molar-refractivity contribution in [1.29, 1.82) is 0 Å². The highest BCUT2D eigenvalue weighted by Gasteiger charge is 2.53. The average molecular weight is 206 g/mol. The topological polar surface area (TPSA) is 34.1 Å². The summed E-state index contributed by atoms with van der Waals surface area (Å²) in [5.74, 6) is 2.64. The fourth-order valence-corrected chi connectivity index (χ4v) is 4.74. The van der Waals surface area contributed by atoms with E-state index in [9.17, 15) is 9.59 Å². The Morgan fingerprint density at radius 3 is 1.93 bits per heavy atom. The Balaban J connectivity index is 1.86. The first-order valence-corrected chi connectivity index (χ1v) is 6.19. The summed E-state index contributed by atoms with van der Waals surface area (Å²) >= 11 is 0. The molecule has 0 amide bonds. The molecule has 4 aliphatic rings. The number of aldehydes is 1. The zero-order chi connectivity index (χ0) is 10.5. The number of hydrogen-bond acceptors (Lipinski definition) is 2. The van der Waals surface area contributed by atoms with Crippen molar-refractivity contribution in [2.24, 2.45) is 23.2 Å². The lowest BCUT2D eigenvalue weighted by atomic mass is 9.48. The van der Waals surface area contributed by atoms with Crippen LogP contribution in [-0.4, -0.2) is 12.1 Å². The van der Waals surface area contributed by atoms with E-state index in [4.69, 9.17) is 0 Å². The van der Waals surface area contributed by atoms with E-state index in [0.29, 0.717) is 0 Å². The number of hydrogen-bond donors (Lipinski definition) is 0. The molecular weight excluding hydrogens is 188 g/mol. The molecule has 0 aromatic rings. The number of ketones is 1. The molecule has 0 heterocycles. The molecule has 15 heavy (non-hydrogen) atoms. The number of carbonyl (C=O) groups excluding carboxylic acids is 2. The third kappa shape index (κ3) is 1.37. The van der Waals surface area contributed by atoms with Gasteiger partial charge in [0.2, 0.25) is 0 Å². The van der Waals surface area contributed by atoms with Gasteiger partial charge in [-0.15, -0.1) is 0 Å². The Hall–Kier alpha value is -0.660. The molecule has 4 saturated carbocycles. The van der Waals surface area contributed by atoms with Crippen molar-refractivity contribution in [3.8, 4) is 0 Å². The van der Waals surface area contributed by atoms with E-state index >= 15 is 0 Å². The molecule has 4 aliphatic carbocycles. The van der Waals surface area contributed by atoms with Crippen LogP contribution in [0.3, 0.4) is 0 Å². The molecule has 0 aliphatic heterocycles. The summed E-state index contributed by atoms with van der Waals surface area (Å²) in [6.45, 7) is 0. The number of Topliss-reactive ketones (excluding diaryl/α,β-unsaturated/α-hetero) is 1. The maximum Gasteiger partial charge on any atom is 0.146 e. The molecule has 0 aromatic carbocycles. The van der Waals surface area contributed by atoms with Gasteiger partial charge in [-0.3, -0.25) is 4.79 Å². The largest absolute Gasteiger partial charge is 0.303 e. The molecule has 0 N–H and O–H groups in total. The van der Waals surface area contributed by atoms with E-state index in [1.54, 1.807) is 0 Å². The summed E-state index contributed by atoms with van der Waals surface area (Å²) in [4.78, 5) is 22.6. The van der Waals surface area contributed by atoms with Crippen LogP contribution < -0.4 is 0 Å². The summed E-state index contributed by atoms with van der Waals surface area (Å²) in [6, 6.07) is 0. The summed E-state index contributed by atoms with van der Waals surface area (Å²) in [5.41, 5.74) is -0.0599. The lowest BCUT2D eigenvalue weighted by Gasteiger charge is -2.55. The zero-order valence-electron chi connectivity index (χ0n) is 9.08. The smallest absolute Gasteiger partial charge is 0.146 e. The summed E-state index contributed by atoms with van der Waals surface area (Å²) in [6.07, 6.45) is 8.28. The zero-order valence-corrected chi connectivity index (χ0v) is 9.08. The molecule has 2 nitrogen and oxygen atoms in total. The SMILES string of the molecule is O=CCC(=O)C12CC3CC(CC(C3)C1)C2. The lowest BCUT2D eigenvalue weighted by Crippen LogP contribution is -2.50. The summed E-state index contributed by atoms with van der Waals surface area (Å²) < 4.78 is 0. The number of rotatable bonds is 3. The van der Waals surface area contributed by atoms with Gasteiger partial charge >= 0.3 is 0 Å². The van der Waals surface area contributed by atoms with Crippen molar-refractivity contribution in [2.75, 3.05) is 0 Å². The van der Waals surface area contributed by atoms with Gasteiger partial charge in [-0.05, 0) is 56.3 Å². The molecule has 0 unspecified atom stereocenters. The van der Waals surface area contributed by atoms with E-state index < -0.39 is 0 Å². The van der Waals surface area contributed by atoms with Crippen LogP contribution in [0.1, 0.15) is 44.9 Å². The molecule has 82 valence electrons. The highest BCUT2D eigenvalue weighted by atomic mass is 16.1. The summed E-state index contributed by atoms with van der Waals surface area (Å²) in [5, 5.41) is 0. The molecule has 0 spiro atoms. The van der Waals surface area contributed by atoms with Crippen LogP contribution in [0.15, 0.2) is 0 Å². The Labute approximate surface area is 90.4 Å². The molecule has 0 atom stereocenters. The highest BCUT2D eigenvalue weighted by Crippen LogP contribution is 2.60.